The Hall–Kier alpha value is 0.686. The fraction of sp³-hybridized carbons (Fsp3) is 0. The summed E-state index contributed by atoms with van der Waals surface area (Å²) in [5.41, 5.74) is 0. The van der Waals surface area contributed by atoms with Crippen molar-refractivity contribution in [2.45, 2.75) is 0 Å². The van der Waals surface area contributed by atoms with Crippen LogP contribution in [0.5, 0.6) is 0 Å². The van der Waals surface area contributed by atoms with Crippen LogP contribution in [0, 0.1) is 0 Å². The third-order valence-corrected chi connectivity index (χ3v) is 0. The van der Waals surface area contributed by atoms with E-state index in [0.29, 0.717) is 0 Å². The van der Waals surface area contributed by atoms with Crippen LogP contribution in [-0.2, 0) is 7.56 Å². The van der Waals surface area contributed by atoms with Crippen molar-refractivity contribution in [3.05, 3.63) is 0 Å². The molecule has 0 bridgehead atoms. The fourth-order valence-corrected chi connectivity index (χ4v) is 0. The van der Waals surface area contributed by atoms with E-state index in [0.717, 1.165) is 32.9 Å². The van der Waals surface area contributed by atoms with Crippen LogP contribution >= 0.6 is 0 Å². The molecule has 2 nitrogen and oxygen atoms in total. The number of hydrogen-bond acceptors (Lipinski definition) is 2. The minimum absolute atomic E-state index is 0.750. The Balaban J connectivity index is 0. The summed E-state index contributed by atoms with van der Waals surface area (Å²) in [7, 11) is 0. The molecule has 4 heteroatoms. The van der Waals surface area contributed by atoms with Gasteiger partial charge in [-0.3, -0.25) is 0 Å². The van der Waals surface area contributed by atoms with Crippen molar-refractivity contribution in [1.82, 2.24) is 0 Å². The SMILES string of the molecule is [O]=[Ge].[O]=[Ge]. The molecule has 0 amide bonds. The average Bonchev–Trinajstić information content (AvgIpc) is 1.50. The Labute approximate surface area is 40.8 Å². The van der Waals surface area contributed by atoms with Crippen molar-refractivity contribution in [1.29, 1.82) is 0 Å². The molecule has 0 fully saturated rings. The molecular formula is Ge2O2. The van der Waals surface area contributed by atoms with Crippen molar-refractivity contribution in [2.24, 2.45) is 0 Å². The van der Waals surface area contributed by atoms with Crippen molar-refractivity contribution >= 4 is 32.9 Å². The topological polar surface area (TPSA) is 34.1 Å². The average molecular weight is 177 g/mol. The van der Waals surface area contributed by atoms with Gasteiger partial charge in [0.2, 0.25) is 0 Å². The third-order valence-electron chi connectivity index (χ3n) is 0. The van der Waals surface area contributed by atoms with Crippen LogP contribution in [0.2, 0.25) is 0 Å². The molecule has 0 aromatic heterocycles. The van der Waals surface area contributed by atoms with Gasteiger partial charge in [0.25, 0.3) is 0 Å². The first-order chi connectivity index (χ1) is 2.00. The van der Waals surface area contributed by atoms with E-state index in [1.54, 1.807) is 0 Å². The molecule has 0 aliphatic heterocycles. The zero-order chi connectivity index (χ0) is 4.00. The van der Waals surface area contributed by atoms with E-state index in [-0.39, 0.29) is 0 Å². The molecule has 0 aromatic carbocycles. The summed E-state index contributed by atoms with van der Waals surface area (Å²) in [6.45, 7) is 0. The predicted octanol–water partition coefficient (Wildman–Crippen LogP) is -0.999. The van der Waals surface area contributed by atoms with Crippen LogP contribution in [0.4, 0.5) is 0 Å². The van der Waals surface area contributed by atoms with Gasteiger partial charge in [0, 0.05) is 0 Å². The third kappa shape index (κ3) is 16.2. The summed E-state index contributed by atoms with van der Waals surface area (Å²) >= 11 is 1.50. The first kappa shape index (κ1) is 8.82. The van der Waals surface area contributed by atoms with Crippen molar-refractivity contribution in [3.8, 4) is 0 Å². The molecule has 0 unspecified atom stereocenters. The van der Waals surface area contributed by atoms with Crippen molar-refractivity contribution < 1.29 is 7.56 Å². The molecule has 0 heterocycles. The molecule has 0 atom stereocenters. The van der Waals surface area contributed by atoms with E-state index in [9.17, 15) is 0 Å². The standard InChI is InChI=1S/2GeO/c2*1-2. The van der Waals surface area contributed by atoms with Crippen molar-refractivity contribution in [2.75, 3.05) is 0 Å². The van der Waals surface area contributed by atoms with Crippen LogP contribution < -0.4 is 0 Å². The fourth-order valence-electron chi connectivity index (χ4n) is 0. The summed E-state index contributed by atoms with van der Waals surface area (Å²) in [5, 5.41) is 0. The Kier molecular flexibility index (Phi) is 125. The van der Waals surface area contributed by atoms with Gasteiger partial charge in [-0.15, -0.1) is 0 Å². The molecule has 0 aromatic rings. The van der Waals surface area contributed by atoms with Gasteiger partial charge in [-0.25, -0.2) is 0 Å². The number of hydrogen-bond donors (Lipinski definition) is 0. The van der Waals surface area contributed by atoms with Gasteiger partial charge in [-0.05, 0) is 0 Å². The van der Waals surface area contributed by atoms with Crippen LogP contribution in [0.15, 0.2) is 0 Å². The van der Waals surface area contributed by atoms with Crippen LogP contribution in [-0.4, -0.2) is 32.9 Å². The molecule has 0 saturated heterocycles. The van der Waals surface area contributed by atoms with Crippen molar-refractivity contribution in [3.63, 3.8) is 0 Å². The quantitative estimate of drug-likeness (QED) is 0.445. The minimum atomic E-state index is 0.750. The Morgan fingerprint density at radius 3 is 0.750 bits per heavy atom. The number of rotatable bonds is 0. The van der Waals surface area contributed by atoms with Crippen LogP contribution in [0.3, 0.4) is 0 Å². The van der Waals surface area contributed by atoms with Gasteiger partial charge < -0.3 is 0 Å². The Morgan fingerprint density at radius 1 is 0.750 bits per heavy atom. The Bertz CT molecular complexity index is 6.00. The normalized spacial score (nSPS) is 2.00. The van der Waals surface area contributed by atoms with E-state index >= 15 is 0 Å². The van der Waals surface area contributed by atoms with E-state index in [1.807, 2.05) is 0 Å². The molecule has 20 valence electrons. The second kappa shape index (κ2) is 56.5. The van der Waals surface area contributed by atoms with Gasteiger partial charge in [0.05, 0.1) is 0 Å². The first-order valence-corrected chi connectivity index (χ1v) is 2.12. The first-order valence-electron chi connectivity index (χ1n) is 0.408. The van der Waals surface area contributed by atoms with Gasteiger partial charge >= 0.3 is 40.5 Å². The second-order valence-electron chi connectivity index (χ2n) is 0. The summed E-state index contributed by atoms with van der Waals surface area (Å²) < 4.78 is 16.5. The molecule has 0 rings (SSSR count). The molecule has 0 aliphatic rings. The van der Waals surface area contributed by atoms with Crippen LogP contribution in [0.25, 0.3) is 0 Å². The maximum atomic E-state index is 8.25. The Morgan fingerprint density at radius 2 is 0.750 bits per heavy atom. The van der Waals surface area contributed by atoms with E-state index in [1.165, 1.54) is 0 Å². The van der Waals surface area contributed by atoms with E-state index in [4.69, 9.17) is 7.56 Å². The summed E-state index contributed by atoms with van der Waals surface area (Å²) in [6.07, 6.45) is 0. The zero-order valence-electron chi connectivity index (χ0n) is 1.82. The van der Waals surface area contributed by atoms with E-state index < -0.39 is 0 Å². The molecular weight excluding hydrogens is 177 g/mol. The molecule has 4 heavy (non-hydrogen) atoms. The van der Waals surface area contributed by atoms with Gasteiger partial charge in [-0.2, -0.15) is 0 Å². The van der Waals surface area contributed by atoms with E-state index in [2.05, 4.69) is 0 Å². The molecule has 0 saturated carbocycles. The van der Waals surface area contributed by atoms with Gasteiger partial charge in [0.15, 0.2) is 0 Å². The zero-order valence-corrected chi connectivity index (χ0v) is 6.01. The summed E-state index contributed by atoms with van der Waals surface area (Å²) in [6, 6.07) is 0. The van der Waals surface area contributed by atoms with Gasteiger partial charge in [-0.1, -0.05) is 0 Å². The maximum absolute atomic E-state index is 8.25. The molecule has 0 aliphatic carbocycles. The summed E-state index contributed by atoms with van der Waals surface area (Å²) in [4.78, 5) is 0. The van der Waals surface area contributed by atoms with Crippen LogP contribution in [0.1, 0.15) is 0 Å². The van der Waals surface area contributed by atoms with Gasteiger partial charge in [0.1, 0.15) is 0 Å². The molecule has 4 radical (unpaired) electrons. The monoisotopic (exact) mass is 180 g/mol. The summed E-state index contributed by atoms with van der Waals surface area (Å²) in [5.74, 6) is 0. The predicted molar refractivity (Wildman–Crippen MR) is 12.9 cm³/mol. The molecule has 0 N–H and O–H groups in total. The second-order valence-corrected chi connectivity index (χ2v) is 0. The molecule has 0 spiro atoms.